The first-order valence-electron chi connectivity index (χ1n) is 14.2. The van der Waals surface area contributed by atoms with E-state index in [4.69, 9.17) is 4.98 Å². The van der Waals surface area contributed by atoms with E-state index in [-0.39, 0.29) is 0 Å². The average Bonchev–Trinajstić information content (AvgIpc) is 3.60. The molecular formula is C39H24N2S. The third-order valence-corrected chi connectivity index (χ3v) is 9.60. The van der Waals surface area contributed by atoms with Crippen molar-refractivity contribution in [3.63, 3.8) is 0 Å². The van der Waals surface area contributed by atoms with Gasteiger partial charge in [0.05, 0.1) is 16.6 Å². The molecule has 0 bridgehead atoms. The van der Waals surface area contributed by atoms with Gasteiger partial charge in [-0.1, -0.05) is 115 Å². The Labute approximate surface area is 246 Å². The monoisotopic (exact) mass is 552 g/mol. The van der Waals surface area contributed by atoms with Crippen LogP contribution in [0, 0.1) is 0 Å². The molecule has 42 heavy (non-hydrogen) atoms. The Morgan fingerprint density at radius 2 is 1.17 bits per heavy atom. The van der Waals surface area contributed by atoms with Crippen molar-refractivity contribution in [2.45, 2.75) is 0 Å². The summed E-state index contributed by atoms with van der Waals surface area (Å²) in [5.41, 5.74) is 8.07. The van der Waals surface area contributed by atoms with Crippen molar-refractivity contribution in [3.8, 4) is 28.1 Å². The second-order valence-corrected chi connectivity index (χ2v) is 11.8. The molecule has 0 atom stereocenters. The van der Waals surface area contributed by atoms with Crippen LogP contribution in [0.1, 0.15) is 0 Å². The number of aromatic nitrogens is 2. The number of rotatable bonds is 3. The van der Waals surface area contributed by atoms with E-state index in [1.165, 1.54) is 64.2 Å². The summed E-state index contributed by atoms with van der Waals surface area (Å²) in [5, 5.41) is 6.34. The van der Waals surface area contributed by atoms with E-state index in [0.29, 0.717) is 0 Å². The SMILES string of the molecule is c1ccc(-c2ccc3c(-c4ccccc4)cc(-n4c5ccccc5c5c6sc7ccccc7c6ccc54)nc3c2)cc1. The Morgan fingerprint density at radius 1 is 0.476 bits per heavy atom. The molecule has 0 aliphatic rings. The fourth-order valence-corrected chi connectivity index (χ4v) is 7.74. The van der Waals surface area contributed by atoms with Crippen LogP contribution in [0.15, 0.2) is 146 Å². The lowest BCUT2D eigenvalue weighted by Gasteiger charge is -2.14. The van der Waals surface area contributed by atoms with E-state index in [2.05, 4.69) is 150 Å². The first-order valence-corrected chi connectivity index (χ1v) is 15.0. The van der Waals surface area contributed by atoms with Gasteiger partial charge in [0.25, 0.3) is 0 Å². The van der Waals surface area contributed by atoms with Crippen LogP contribution in [0.2, 0.25) is 0 Å². The molecule has 0 saturated carbocycles. The Bertz CT molecular complexity index is 2450. The van der Waals surface area contributed by atoms with Crippen LogP contribution < -0.4 is 0 Å². The van der Waals surface area contributed by atoms with Gasteiger partial charge in [0, 0.05) is 36.3 Å². The summed E-state index contributed by atoms with van der Waals surface area (Å²) in [5.74, 6) is 0.929. The standard InChI is InChI=1S/C39H24N2S/c1-3-11-25(12-4-1)27-19-20-28-32(26-13-5-2-6-14-26)24-37(40-33(28)23-27)41-34-17-9-7-16-31(34)38-35(41)22-21-30-29-15-8-10-18-36(29)42-39(30)38/h1-24H. The van der Waals surface area contributed by atoms with Gasteiger partial charge in [-0.25, -0.2) is 4.98 Å². The van der Waals surface area contributed by atoms with Gasteiger partial charge in [0.2, 0.25) is 0 Å². The molecule has 0 spiro atoms. The third kappa shape index (κ3) is 3.47. The maximum Gasteiger partial charge on any atom is 0.138 e. The van der Waals surface area contributed by atoms with E-state index in [0.717, 1.165) is 16.7 Å². The van der Waals surface area contributed by atoms with Gasteiger partial charge < -0.3 is 0 Å². The summed E-state index contributed by atoms with van der Waals surface area (Å²) in [6.07, 6.45) is 0. The molecule has 0 saturated heterocycles. The van der Waals surface area contributed by atoms with E-state index in [1.54, 1.807) is 0 Å². The minimum absolute atomic E-state index is 0.929. The van der Waals surface area contributed by atoms with Crippen LogP contribution in [-0.4, -0.2) is 9.55 Å². The van der Waals surface area contributed by atoms with Crippen LogP contribution in [0.4, 0.5) is 0 Å². The van der Waals surface area contributed by atoms with Gasteiger partial charge in [-0.05, 0) is 52.6 Å². The van der Waals surface area contributed by atoms with Crippen molar-refractivity contribution in [3.05, 3.63) is 146 Å². The molecule has 0 unspecified atom stereocenters. The Hall–Kier alpha value is -5.25. The number of thiophene rings is 1. The lowest BCUT2D eigenvalue weighted by Crippen LogP contribution is -1.99. The van der Waals surface area contributed by atoms with Gasteiger partial charge >= 0.3 is 0 Å². The smallest absolute Gasteiger partial charge is 0.138 e. The Kier molecular flexibility index (Phi) is 5.10. The predicted octanol–water partition coefficient (Wildman–Crippen LogP) is 11.0. The topological polar surface area (TPSA) is 17.8 Å². The van der Waals surface area contributed by atoms with Crippen molar-refractivity contribution < 1.29 is 0 Å². The maximum atomic E-state index is 5.38. The van der Waals surface area contributed by atoms with Crippen molar-refractivity contribution >= 4 is 64.2 Å². The minimum Gasteiger partial charge on any atom is -0.294 e. The Morgan fingerprint density at radius 3 is 2.00 bits per heavy atom. The number of para-hydroxylation sites is 1. The normalized spacial score (nSPS) is 11.8. The lowest BCUT2D eigenvalue weighted by molar-refractivity contribution is 1.10. The minimum atomic E-state index is 0.929. The molecule has 9 aromatic rings. The zero-order valence-corrected chi connectivity index (χ0v) is 23.5. The van der Waals surface area contributed by atoms with Crippen molar-refractivity contribution in [1.29, 1.82) is 0 Å². The van der Waals surface area contributed by atoms with Crippen LogP contribution in [-0.2, 0) is 0 Å². The summed E-state index contributed by atoms with van der Waals surface area (Å²) >= 11 is 1.88. The number of benzene rings is 6. The molecule has 6 aromatic carbocycles. The van der Waals surface area contributed by atoms with Crippen LogP contribution in [0.3, 0.4) is 0 Å². The third-order valence-electron chi connectivity index (χ3n) is 8.40. The average molecular weight is 553 g/mol. The summed E-state index contributed by atoms with van der Waals surface area (Å²) in [7, 11) is 0. The van der Waals surface area contributed by atoms with Gasteiger partial charge in [-0.15, -0.1) is 11.3 Å². The summed E-state index contributed by atoms with van der Waals surface area (Å²) in [6.45, 7) is 0. The highest BCUT2D eigenvalue weighted by molar-refractivity contribution is 7.26. The van der Waals surface area contributed by atoms with Gasteiger partial charge in [0.1, 0.15) is 5.82 Å². The largest absolute Gasteiger partial charge is 0.294 e. The molecule has 196 valence electrons. The molecule has 0 amide bonds. The highest BCUT2D eigenvalue weighted by Gasteiger charge is 2.19. The molecule has 0 aliphatic heterocycles. The number of pyridine rings is 1. The first-order chi connectivity index (χ1) is 20.8. The number of nitrogens with zero attached hydrogens (tertiary/aromatic N) is 2. The van der Waals surface area contributed by atoms with Crippen LogP contribution >= 0.6 is 11.3 Å². The molecule has 0 N–H and O–H groups in total. The van der Waals surface area contributed by atoms with Crippen LogP contribution in [0.25, 0.3) is 81.0 Å². The van der Waals surface area contributed by atoms with E-state index >= 15 is 0 Å². The number of hydrogen-bond acceptors (Lipinski definition) is 2. The van der Waals surface area contributed by atoms with Crippen LogP contribution in [0.5, 0.6) is 0 Å². The number of fused-ring (bicyclic) bond motifs is 8. The summed E-state index contributed by atoms with van der Waals surface area (Å²) in [6, 6.07) is 52.2. The zero-order chi connectivity index (χ0) is 27.6. The fraction of sp³-hybridized carbons (Fsp3) is 0. The molecule has 9 rings (SSSR count). The zero-order valence-electron chi connectivity index (χ0n) is 22.7. The van der Waals surface area contributed by atoms with Crippen molar-refractivity contribution in [2.75, 3.05) is 0 Å². The second kappa shape index (κ2) is 9.13. The molecule has 0 radical (unpaired) electrons. The summed E-state index contributed by atoms with van der Waals surface area (Å²) < 4.78 is 5.01. The predicted molar refractivity (Wildman–Crippen MR) is 180 cm³/mol. The van der Waals surface area contributed by atoms with Gasteiger partial charge in [0.15, 0.2) is 0 Å². The maximum absolute atomic E-state index is 5.38. The molecule has 2 nitrogen and oxygen atoms in total. The molecule has 3 heterocycles. The van der Waals surface area contributed by atoms with E-state index < -0.39 is 0 Å². The Balaban J connectivity index is 1.39. The first kappa shape index (κ1) is 23.5. The molecular weight excluding hydrogens is 529 g/mol. The lowest BCUT2D eigenvalue weighted by atomic mass is 9.98. The summed E-state index contributed by atoms with van der Waals surface area (Å²) in [4.78, 5) is 5.38. The fourth-order valence-electron chi connectivity index (χ4n) is 6.48. The number of hydrogen-bond donors (Lipinski definition) is 0. The highest BCUT2D eigenvalue weighted by Crippen LogP contribution is 2.43. The molecule has 3 heteroatoms. The van der Waals surface area contributed by atoms with E-state index in [9.17, 15) is 0 Å². The van der Waals surface area contributed by atoms with Gasteiger partial charge in [-0.3, -0.25) is 4.57 Å². The molecule has 0 fully saturated rings. The molecule has 3 aromatic heterocycles. The molecule has 0 aliphatic carbocycles. The van der Waals surface area contributed by atoms with Crippen molar-refractivity contribution in [2.24, 2.45) is 0 Å². The highest BCUT2D eigenvalue weighted by atomic mass is 32.1. The van der Waals surface area contributed by atoms with Gasteiger partial charge in [-0.2, -0.15) is 0 Å². The second-order valence-electron chi connectivity index (χ2n) is 10.8. The van der Waals surface area contributed by atoms with E-state index in [1.807, 2.05) is 11.3 Å². The quantitative estimate of drug-likeness (QED) is 0.213. The van der Waals surface area contributed by atoms with Crippen molar-refractivity contribution in [1.82, 2.24) is 9.55 Å².